The van der Waals surface area contributed by atoms with Crippen molar-refractivity contribution in [1.29, 1.82) is 0 Å². The molecule has 0 aliphatic carbocycles. The molecular formula is C15H11Cl2NO. The van der Waals surface area contributed by atoms with Gasteiger partial charge in [0.05, 0.1) is 15.6 Å². The van der Waals surface area contributed by atoms with Crippen LogP contribution in [0.25, 0.3) is 0 Å². The van der Waals surface area contributed by atoms with Crippen molar-refractivity contribution in [3.8, 4) is 0 Å². The first-order valence-electron chi connectivity index (χ1n) is 5.95. The molecule has 0 fully saturated rings. The number of hydrogen-bond donors (Lipinski definition) is 0. The maximum absolute atomic E-state index is 6.17. The van der Waals surface area contributed by atoms with Crippen LogP contribution in [0.5, 0.6) is 0 Å². The Bertz CT molecular complexity index is 625. The molecule has 0 saturated carbocycles. The summed E-state index contributed by atoms with van der Waals surface area (Å²) in [4.78, 5) is 4.58. The average Bonchev–Trinajstić information content (AvgIpc) is 2.92. The molecule has 0 radical (unpaired) electrons. The lowest BCUT2D eigenvalue weighted by molar-refractivity contribution is 0.320. The smallest absolute Gasteiger partial charge is 0.218 e. The molecule has 0 saturated heterocycles. The van der Waals surface area contributed by atoms with Gasteiger partial charge >= 0.3 is 0 Å². The van der Waals surface area contributed by atoms with Crippen molar-refractivity contribution < 1.29 is 4.74 Å². The van der Waals surface area contributed by atoms with Crippen LogP contribution in [-0.2, 0) is 4.74 Å². The van der Waals surface area contributed by atoms with Gasteiger partial charge in [0, 0.05) is 0 Å². The van der Waals surface area contributed by atoms with Crippen molar-refractivity contribution in [3.63, 3.8) is 0 Å². The molecule has 4 heteroatoms. The first kappa shape index (κ1) is 12.5. The third-order valence-electron chi connectivity index (χ3n) is 3.02. The van der Waals surface area contributed by atoms with E-state index in [1.54, 1.807) is 6.07 Å². The normalized spacial score (nSPS) is 18.0. The zero-order chi connectivity index (χ0) is 13.2. The Balaban J connectivity index is 1.94. The Morgan fingerprint density at radius 2 is 1.79 bits per heavy atom. The number of rotatable bonds is 2. The summed E-state index contributed by atoms with van der Waals surface area (Å²) >= 11 is 12.2. The lowest BCUT2D eigenvalue weighted by Gasteiger charge is -2.04. The fourth-order valence-corrected chi connectivity index (χ4v) is 2.42. The lowest BCUT2D eigenvalue weighted by atomic mass is 10.1. The molecule has 1 unspecified atom stereocenters. The number of benzene rings is 2. The summed E-state index contributed by atoms with van der Waals surface area (Å²) in [6.07, 6.45) is 0. The topological polar surface area (TPSA) is 21.6 Å². The van der Waals surface area contributed by atoms with Crippen LogP contribution in [0.4, 0.5) is 0 Å². The van der Waals surface area contributed by atoms with Crippen LogP contribution < -0.4 is 0 Å². The number of halogens is 2. The van der Waals surface area contributed by atoms with E-state index in [4.69, 9.17) is 27.9 Å². The van der Waals surface area contributed by atoms with E-state index in [-0.39, 0.29) is 6.04 Å². The van der Waals surface area contributed by atoms with Crippen molar-refractivity contribution in [1.82, 2.24) is 0 Å². The van der Waals surface area contributed by atoms with E-state index < -0.39 is 0 Å². The predicted molar refractivity (Wildman–Crippen MR) is 78.1 cm³/mol. The second kappa shape index (κ2) is 5.24. The Kier molecular flexibility index (Phi) is 3.45. The fraction of sp³-hybridized carbons (Fsp3) is 0.133. The predicted octanol–water partition coefficient (Wildman–Crippen LogP) is 4.51. The van der Waals surface area contributed by atoms with E-state index in [1.807, 2.05) is 42.5 Å². The van der Waals surface area contributed by atoms with Crippen LogP contribution in [0.15, 0.2) is 53.5 Å². The minimum Gasteiger partial charge on any atom is -0.475 e. The monoisotopic (exact) mass is 291 g/mol. The number of nitrogens with zero attached hydrogens (tertiary/aromatic N) is 1. The van der Waals surface area contributed by atoms with Crippen molar-refractivity contribution in [2.45, 2.75) is 6.04 Å². The molecule has 2 nitrogen and oxygen atoms in total. The molecule has 1 heterocycles. The van der Waals surface area contributed by atoms with Gasteiger partial charge in [-0.25, -0.2) is 4.99 Å². The van der Waals surface area contributed by atoms with Crippen LogP contribution in [-0.4, -0.2) is 12.5 Å². The molecule has 0 spiro atoms. The molecule has 1 aliphatic heterocycles. The van der Waals surface area contributed by atoms with E-state index >= 15 is 0 Å². The zero-order valence-corrected chi connectivity index (χ0v) is 11.5. The van der Waals surface area contributed by atoms with Crippen LogP contribution in [0, 0.1) is 0 Å². The van der Waals surface area contributed by atoms with Crippen LogP contribution in [0.3, 0.4) is 0 Å². The highest BCUT2D eigenvalue weighted by Crippen LogP contribution is 2.30. The lowest BCUT2D eigenvalue weighted by Crippen LogP contribution is -2.02. The first-order valence-corrected chi connectivity index (χ1v) is 6.71. The molecule has 2 aromatic rings. The third kappa shape index (κ3) is 2.46. The standard InChI is InChI=1S/C15H11Cl2NO/c16-12-8-4-7-11(14(12)17)15-18-13(9-19-15)10-5-2-1-3-6-10/h1-8,13H,9H2. The molecule has 0 N–H and O–H groups in total. The van der Waals surface area contributed by atoms with Gasteiger partial charge in [-0.2, -0.15) is 0 Å². The maximum Gasteiger partial charge on any atom is 0.218 e. The van der Waals surface area contributed by atoms with Gasteiger partial charge in [-0.3, -0.25) is 0 Å². The van der Waals surface area contributed by atoms with Gasteiger partial charge in [-0.1, -0.05) is 59.6 Å². The maximum atomic E-state index is 6.17. The van der Waals surface area contributed by atoms with Gasteiger partial charge in [0.1, 0.15) is 12.6 Å². The van der Waals surface area contributed by atoms with E-state index in [9.17, 15) is 0 Å². The van der Waals surface area contributed by atoms with E-state index in [0.29, 0.717) is 22.5 Å². The summed E-state index contributed by atoms with van der Waals surface area (Å²) in [5.41, 5.74) is 1.88. The summed E-state index contributed by atoms with van der Waals surface area (Å²) in [6.45, 7) is 0.530. The van der Waals surface area contributed by atoms with Gasteiger partial charge < -0.3 is 4.74 Å². The minimum atomic E-state index is 0.0197. The van der Waals surface area contributed by atoms with Gasteiger partial charge in [0.2, 0.25) is 5.90 Å². The third-order valence-corrected chi connectivity index (χ3v) is 3.84. The number of aliphatic imine (C=N–C) groups is 1. The average molecular weight is 292 g/mol. The molecule has 0 aromatic heterocycles. The summed E-state index contributed by atoms with van der Waals surface area (Å²) in [5, 5.41) is 0.991. The SMILES string of the molecule is Clc1cccc(C2=NC(c3ccccc3)CO2)c1Cl. The summed E-state index contributed by atoms with van der Waals surface area (Å²) in [5.74, 6) is 0.557. The van der Waals surface area contributed by atoms with Gasteiger partial charge in [0.15, 0.2) is 0 Å². The summed E-state index contributed by atoms with van der Waals surface area (Å²) in [7, 11) is 0. The molecule has 3 rings (SSSR count). The molecule has 96 valence electrons. The summed E-state index contributed by atoms with van der Waals surface area (Å²) < 4.78 is 5.65. The van der Waals surface area contributed by atoms with E-state index in [0.717, 1.165) is 11.1 Å². The van der Waals surface area contributed by atoms with Crippen LogP contribution in [0.1, 0.15) is 17.2 Å². The van der Waals surface area contributed by atoms with Crippen LogP contribution >= 0.6 is 23.2 Å². The molecule has 0 bridgehead atoms. The Morgan fingerprint density at radius 3 is 2.58 bits per heavy atom. The van der Waals surface area contributed by atoms with Gasteiger partial charge in [-0.05, 0) is 17.7 Å². The Hall–Kier alpha value is -1.51. The highest BCUT2D eigenvalue weighted by atomic mass is 35.5. The van der Waals surface area contributed by atoms with Crippen LogP contribution in [0.2, 0.25) is 10.0 Å². The molecule has 1 atom stereocenters. The summed E-state index contributed by atoms with van der Waals surface area (Å²) in [6, 6.07) is 15.5. The Labute approximate surface area is 121 Å². The van der Waals surface area contributed by atoms with Crippen molar-refractivity contribution in [3.05, 3.63) is 69.7 Å². The van der Waals surface area contributed by atoms with E-state index in [1.165, 1.54) is 0 Å². The van der Waals surface area contributed by atoms with Crippen molar-refractivity contribution >= 4 is 29.1 Å². The van der Waals surface area contributed by atoms with Gasteiger partial charge in [0.25, 0.3) is 0 Å². The molecule has 1 aliphatic rings. The zero-order valence-electron chi connectivity index (χ0n) is 10.0. The fourth-order valence-electron chi connectivity index (χ4n) is 2.04. The van der Waals surface area contributed by atoms with Crippen molar-refractivity contribution in [2.24, 2.45) is 4.99 Å². The Morgan fingerprint density at radius 1 is 1.00 bits per heavy atom. The quantitative estimate of drug-likeness (QED) is 0.798. The second-order valence-electron chi connectivity index (χ2n) is 4.27. The van der Waals surface area contributed by atoms with Gasteiger partial charge in [-0.15, -0.1) is 0 Å². The highest BCUT2D eigenvalue weighted by Gasteiger charge is 2.23. The number of ether oxygens (including phenoxy) is 1. The second-order valence-corrected chi connectivity index (χ2v) is 5.06. The molecule has 2 aromatic carbocycles. The van der Waals surface area contributed by atoms with E-state index in [2.05, 4.69) is 4.99 Å². The highest BCUT2D eigenvalue weighted by molar-refractivity contribution is 6.43. The first-order chi connectivity index (χ1) is 9.25. The molecular weight excluding hydrogens is 281 g/mol. The minimum absolute atomic E-state index is 0.0197. The molecule has 19 heavy (non-hydrogen) atoms. The number of hydrogen-bond acceptors (Lipinski definition) is 2. The van der Waals surface area contributed by atoms with Crippen molar-refractivity contribution in [2.75, 3.05) is 6.61 Å². The largest absolute Gasteiger partial charge is 0.475 e. The molecule has 0 amide bonds.